The molecule has 0 radical (unpaired) electrons. The number of allylic oxidation sites excluding steroid dienone is 1. The number of carbonyl (C=O) groups excluding carboxylic acids is 1. The zero-order valence-corrected chi connectivity index (χ0v) is 31.6. The first-order valence-corrected chi connectivity index (χ1v) is 19.0. The topological polar surface area (TPSA) is 151 Å². The fourth-order valence-corrected chi connectivity index (χ4v) is 9.00. The number of likely N-dealkylation sites (tertiary alicyclic amines) is 2. The third kappa shape index (κ3) is 6.60. The van der Waals surface area contributed by atoms with Gasteiger partial charge < -0.3 is 39.5 Å². The summed E-state index contributed by atoms with van der Waals surface area (Å²) in [4.78, 5) is 48.0. The molecule has 284 valence electrons. The Hall–Kier alpha value is -4.34. The third-order valence-electron chi connectivity index (χ3n) is 10.0. The van der Waals surface area contributed by atoms with Gasteiger partial charge in [0.1, 0.15) is 24.1 Å². The minimum atomic E-state index is -4.62. The van der Waals surface area contributed by atoms with Crippen molar-refractivity contribution in [1.82, 2.24) is 24.3 Å². The monoisotopic (exact) mass is 755 g/mol. The lowest BCUT2D eigenvalue weighted by molar-refractivity contribution is 0.0399. The van der Waals surface area contributed by atoms with E-state index in [2.05, 4.69) is 25.4 Å². The van der Waals surface area contributed by atoms with Crippen molar-refractivity contribution in [2.24, 2.45) is 13.0 Å². The molecule has 14 nitrogen and oxygen atoms in total. The van der Waals surface area contributed by atoms with Gasteiger partial charge in [-0.15, -0.1) is 0 Å². The van der Waals surface area contributed by atoms with Crippen molar-refractivity contribution in [2.45, 2.75) is 51.9 Å². The molecule has 7 rings (SSSR count). The minimum absolute atomic E-state index is 0.00661. The number of fused-ring (bicyclic) bond motifs is 5. The molecule has 2 aromatic heterocycles. The predicted molar refractivity (Wildman–Crippen MR) is 196 cm³/mol. The number of halogens is 2. The van der Waals surface area contributed by atoms with Crippen LogP contribution in [0.1, 0.15) is 55.6 Å². The summed E-state index contributed by atoms with van der Waals surface area (Å²) in [5.41, 5.74) is 1.12. The number of phosphoric ester groups is 1. The van der Waals surface area contributed by atoms with E-state index in [-0.39, 0.29) is 29.2 Å². The van der Waals surface area contributed by atoms with Gasteiger partial charge in [-0.05, 0) is 53.1 Å². The Morgan fingerprint density at radius 1 is 1.21 bits per heavy atom. The van der Waals surface area contributed by atoms with Crippen molar-refractivity contribution in [3.8, 4) is 0 Å². The van der Waals surface area contributed by atoms with E-state index in [0.29, 0.717) is 51.9 Å². The van der Waals surface area contributed by atoms with Crippen LogP contribution < -0.4 is 16.1 Å². The first-order valence-electron chi connectivity index (χ1n) is 17.5. The smallest absolute Gasteiger partial charge is 0.462 e. The van der Waals surface area contributed by atoms with Gasteiger partial charge in [0.25, 0.3) is 0 Å². The van der Waals surface area contributed by atoms with Crippen molar-refractivity contribution in [1.29, 1.82) is 0 Å². The second kappa shape index (κ2) is 13.5. The zero-order valence-electron chi connectivity index (χ0n) is 30.7. The van der Waals surface area contributed by atoms with E-state index in [1.54, 1.807) is 69.7 Å². The van der Waals surface area contributed by atoms with E-state index in [0.717, 1.165) is 25.6 Å². The highest BCUT2D eigenvalue weighted by molar-refractivity contribution is 7.47. The highest BCUT2D eigenvalue weighted by atomic mass is 31.2. The largest absolute Gasteiger partial charge is 0.474 e. The molecule has 0 amide bonds. The van der Waals surface area contributed by atoms with Crippen molar-refractivity contribution < 1.29 is 36.8 Å². The maximum Gasteiger partial charge on any atom is 0.474 e. The maximum atomic E-state index is 16.3. The Balaban J connectivity index is 1.47. The van der Waals surface area contributed by atoms with Crippen LogP contribution in [0.5, 0.6) is 0 Å². The van der Waals surface area contributed by atoms with E-state index in [4.69, 9.17) is 13.8 Å². The van der Waals surface area contributed by atoms with E-state index in [1.165, 1.54) is 6.20 Å². The van der Waals surface area contributed by atoms with Crippen LogP contribution in [0.3, 0.4) is 0 Å². The van der Waals surface area contributed by atoms with Gasteiger partial charge in [0, 0.05) is 86.7 Å². The Morgan fingerprint density at radius 2 is 1.96 bits per heavy atom. The third-order valence-corrected chi connectivity index (χ3v) is 11.3. The summed E-state index contributed by atoms with van der Waals surface area (Å²) in [6.45, 7) is 8.30. The second-order valence-corrected chi connectivity index (χ2v) is 16.2. The molecule has 3 aromatic rings. The molecular weight excluding hydrogens is 711 g/mol. The fraction of sp³-hybridized carbons (Fsp3) is 0.472. The van der Waals surface area contributed by atoms with Crippen molar-refractivity contribution in [3.63, 3.8) is 0 Å². The Morgan fingerprint density at radius 3 is 2.66 bits per heavy atom. The van der Waals surface area contributed by atoms with Crippen molar-refractivity contribution in [2.75, 3.05) is 57.7 Å². The number of rotatable bonds is 9. The van der Waals surface area contributed by atoms with Crippen LogP contribution in [0, 0.1) is 17.6 Å². The standard InChI is InChI=1S/C36H44F2N7O7P/c1-8-50-35(47)23-15-43(7)33-21(32(23)46)11-20(13-40-33)22-16-44(18-51-53(48,49)52-36(2,3)4)34-28(27-29(38)24(37)12-25(39-5)30(27)41-34)31(22)45-10-9-19-14-42(6)17-26(19)45/h11-13,15-16,19,26,34,39,41H,8-10,14,17-18H2,1-7H3,(H,48,49)/t19-,26+,34?/m1/s1. The molecule has 2 saturated heterocycles. The first kappa shape index (κ1) is 37.0. The van der Waals surface area contributed by atoms with Crippen LogP contribution in [-0.2, 0) is 25.4 Å². The van der Waals surface area contributed by atoms with Gasteiger partial charge in [0.05, 0.1) is 34.7 Å². The molecule has 2 fully saturated rings. The molecule has 0 bridgehead atoms. The minimum Gasteiger partial charge on any atom is -0.462 e. The summed E-state index contributed by atoms with van der Waals surface area (Å²) in [5, 5.41) is 6.44. The number of aromatic nitrogens is 2. The molecule has 4 aliphatic heterocycles. The summed E-state index contributed by atoms with van der Waals surface area (Å²) < 4.78 is 62.5. The quantitative estimate of drug-likeness (QED) is 0.203. The van der Waals surface area contributed by atoms with Crippen LogP contribution in [0.25, 0.3) is 22.2 Å². The van der Waals surface area contributed by atoms with Crippen LogP contribution in [-0.4, -0.2) is 100.0 Å². The van der Waals surface area contributed by atoms with Crippen LogP contribution in [0.2, 0.25) is 0 Å². The van der Waals surface area contributed by atoms with Crippen LogP contribution in [0.4, 0.5) is 20.2 Å². The number of pyridine rings is 2. The van der Waals surface area contributed by atoms with Gasteiger partial charge in [-0.3, -0.25) is 13.8 Å². The number of ether oxygens (including phenoxy) is 1. The van der Waals surface area contributed by atoms with Gasteiger partial charge in [-0.1, -0.05) is 0 Å². The number of esters is 1. The molecule has 0 spiro atoms. The lowest BCUT2D eigenvalue weighted by Crippen LogP contribution is -2.43. The SMILES string of the molecule is CCOC(=O)c1cn(C)c2ncc(C3=CN(COP(=O)(O)OC(C)(C)C)C4Nc5c(NC)cc(F)c(F)c5C4=C3N3CC[C@@H]4CN(C)C[C@@H]43)cc2c1=O. The summed E-state index contributed by atoms with van der Waals surface area (Å²) in [6.07, 6.45) is 4.66. The summed E-state index contributed by atoms with van der Waals surface area (Å²) in [5.74, 6) is -2.56. The Kier molecular flexibility index (Phi) is 9.43. The second-order valence-electron chi connectivity index (χ2n) is 14.8. The van der Waals surface area contributed by atoms with Gasteiger partial charge in [-0.2, -0.15) is 0 Å². The number of anilines is 2. The Labute approximate surface area is 305 Å². The molecule has 3 N–H and O–H groups in total. The normalized spacial score (nSPS) is 22.4. The molecule has 1 aromatic carbocycles. The van der Waals surface area contributed by atoms with E-state index in [9.17, 15) is 19.0 Å². The number of benzene rings is 1. The Bertz CT molecular complexity index is 2190. The lowest BCUT2D eigenvalue weighted by atomic mass is 9.90. The molecule has 2 unspecified atom stereocenters. The molecule has 0 saturated carbocycles. The lowest BCUT2D eigenvalue weighted by Gasteiger charge is -2.40. The van der Waals surface area contributed by atoms with Crippen molar-refractivity contribution >= 4 is 47.3 Å². The number of likely N-dealkylation sites (N-methyl/N-ethyl adjacent to an activating group) is 1. The average Bonchev–Trinajstić information content (AvgIpc) is 3.78. The average molecular weight is 756 g/mol. The summed E-state index contributed by atoms with van der Waals surface area (Å²) >= 11 is 0. The number of hydrogen-bond donors (Lipinski definition) is 3. The van der Waals surface area contributed by atoms with Gasteiger partial charge in [-0.25, -0.2) is 23.1 Å². The van der Waals surface area contributed by atoms with E-state index < -0.39 is 49.4 Å². The molecule has 6 heterocycles. The predicted octanol–water partition coefficient (Wildman–Crippen LogP) is 4.78. The van der Waals surface area contributed by atoms with Crippen LogP contribution in [0.15, 0.2) is 41.2 Å². The first-order chi connectivity index (χ1) is 25.0. The number of phosphoric acid groups is 1. The summed E-state index contributed by atoms with van der Waals surface area (Å²) in [7, 11) is 0.703. The van der Waals surface area contributed by atoms with Crippen molar-refractivity contribution in [3.05, 3.63) is 75.0 Å². The van der Waals surface area contributed by atoms with E-state index >= 15 is 8.78 Å². The number of nitrogens with zero attached hydrogens (tertiary/aromatic N) is 5. The highest BCUT2D eigenvalue weighted by Gasteiger charge is 2.48. The number of nitrogens with one attached hydrogen (secondary N) is 2. The van der Waals surface area contributed by atoms with E-state index in [1.807, 2.05) is 7.05 Å². The number of aryl methyl sites for hydroxylation is 1. The molecular formula is C36H44F2N7O7P. The molecule has 17 heteroatoms. The molecule has 0 aliphatic carbocycles. The molecule has 4 aliphatic rings. The molecule has 4 atom stereocenters. The van der Waals surface area contributed by atoms with Crippen LogP contribution >= 0.6 is 7.82 Å². The number of hydrogen-bond acceptors (Lipinski definition) is 12. The van der Waals surface area contributed by atoms with Gasteiger partial charge in [0.2, 0.25) is 5.43 Å². The number of carbonyl (C=O) groups is 1. The summed E-state index contributed by atoms with van der Waals surface area (Å²) in [6, 6.07) is 2.74. The fourth-order valence-electron chi connectivity index (χ4n) is 7.98. The molecule has 53 heavy (non-hydrogen) atoms. The van der Waals surface area contributed by atoms with Gasteiger partial charge >= 0.3 is 13.8 Å². The zero-order chi connectivity index (χ0) is 38.1. The maximum absolute atomic E-state index is 16.3. The van der Waals surface area contributed by atoms with Gasteiger partial charge in [0.15, 0.2) is 11.6 Å². The highest BCUT2D eigenvalue weighted by Crippen LogP contribution is 2.53.